The van der Waals surface area contributed by atoms with Crippen LogP contribution >= 0.6 is 0 Å². The highest BCUT2D eigenvalue weighted by atomic mass is 16.6. The molecule has 1 aliphatic rings. The monoisotopic (exact) mass is 248 g/mol. The molecule has 1 aliphatic heterocycles. The summed E-state index contributed by atoms with van der Waals surface area (Å²) in [6.07, 6.45) is -0.269. The highest BCUT2D eigenvalue weighted by Gasteiger charge is 2.29. The van der Waals surface area contributed by atoms with Crippen LogP contribution in [0.3, 0.4) is 0 Å². The van der Waals surface area contributed by atoms with Crippen molar-refractivity contribution in [1.29, 1.82) is 0 Å². The molecule has 0 saturated carbocycles. The third-order valence-electron chi connectivity index (χ3n) is 3.34. The molecule has 1 heterocycles. The summed E-state index contributed by atoms with van der Waals surface area (Å²) in [6.45, 7) is 7.70. The van der Waals surface area contributed by atoms with E-state index < -0.39 is 0 Å². The van der Waals surface area contributed by atoms with E-state index >= 15 is 0 Å². The maximum atomic E-state index is 11.9. The Hall–Kier alpha value is -1.55. The van der Waals surface area contributed by atoms with Crippen LogP contribution in [0.4, 0.5) is 10.5 Å². The number of hydrogen-bond donors (Lipinski definition) is 1. The molecule has 1 unspecified atom stereocenters. The lowest BCUT2D eigenvalue weighted by Crippen LogP contribution is -2.46. The molecule has 1 fully saturated rings. The zero-order valence-electron chi connectivity index (χ0n) is 11.2. The van der Waals surface area contributed by atoms with Crippen LogP contribution in [0.15, 0.2) is 12.1 Å². The second-order valence-electron chi connectivity index (χ2n) is 5.04. The van der Waals surface area contributed by atoms with E-state index in [0.29, 0.717) is 19.7 Å². The minimum absolute atomic E-state index is 0.211. The molecule has 1 saturated heterocycles. The maximum Gasteiger partial charge on any atom is 0.414 e. The number of rotatable bonds is 2. The highest BCUT2D eigenvalue weighted by Crippen LogP contribution is 2.29. The molecule has 1 aromatic rings. The molecule has 4 nitrogen and oxygen atoms in total. The van der Waals surface area contributed by atoms with Gasteiger partial charge in [-0.1, -0.05) is 17.7 Å². The first kappa shape index (κ1) is 12.9. The third kappa shape index (κ3) is 2.34. The van der Waals surface area contributed by atoms with Crippen molar-refractivity contribution in [2.24, 2.45) is 11.7 Å². The lowest BCUT2D eigenvalue weighted by atomic mass is 10.0. The molecule has 0 aliphatic carbocycles. The fraction of sp³-hybridized carbons (Fsp3) is 0.500. The molecular weight excluding hydrogens is 228 g/mol. The summed E-state index contributed by atoms with van der Waals surface area (Å²) >= 11 is 0. The molecule has 0 radical (unpaired) electrons. The number of hydrogen-bond acceptors (Lipinski definition) is 3. The van der Waals surface area contributed by atoms with Crippen molar-refractivity contribution in [3.8, 4) is 0 Å². The molecular formula is C14H20N2O2. The fourth-order valence-corrected chi connectivity index (χ4v) is 2.58. The summed E-state index contributed by atoms with van der Waals surface area (Å²) in [6, 6.07) is 4.17. The number of benzene rings is 1. The van der Waals surface area contributed by atoms with Crippen molar-refractivity contribution in [2.45, 2.75) is 20.8 Å². The number of anilines is 1. The Morgan fingerprint density at radius 1 is 1.33 bits per heavy atom. The van der Waals surface area contributed by atoms with Gasteiger partial charge in [-0.05, 0) is 31.9 Å². The van der Waals surface area contributed by atoms with Crippen LogP contribution < -0.4 is 10.6 Å². The van der Waals surface area contributed by atoms with E-state index in [2.05, 4.69) is 19.1 Å². The van der Waals surface area contributed by atoms with E-state index in [1.165, 1.54) is 5.56 Å². The van der Waals surface area contributed by atoms with Gasteiger partial charge >= 0.3 is 6.09 Å². The van der Waals surface area contributed by atoms with Crippen LogP contribution in [0.1, 0.15) is 16.7 Å². The van der Waals surface area contributed by atoms with E-state index in [9.17, 15) is 4.79 Å². The first-order valence-electron chi connectivity index (χ1n) is 6.25. The van der Waals surface area contributed by atoms with Gasteiger partial charge in [0.2, 0.25) is 0 Å². The summed E-state index contributed by atoms with van der Waals surface area (Å²) in [7, 11) is 0. The smallest absolute Gasteiger partial charge is 0.414 e. The largest absolute Gasteiger partial charge is 0.449 e. The Balaban J connectivity index is 2.37. The number of nitrogens with two attached hydrogens (primary N) is 1. The number of cyclic esters (lactones) is 1. The van der Waals surface area contributed by atoms with Crippen molar-refractivity contribution in [3.63, 3.8) is 0 Å². The van der Waals surface area contributed by atoms with Crippen LogP contribution in [0, 0.1) is 26.7 Å². The number of nitrogens with zero attached hydrogens (tertiary/aromatic N) is 1. The van der Waals surface area contributed by atoms with Gasteiger partial charge < -0.3 is 10.5 Å². The summed E-state index contributed by atoms with van der Waals surface area (Å²) in [4.78, 5) is 13.6. The second kappa shape index (κ2) is 4.98. The van der Waals surface area contributed by atoms with Crippen LogP contribution in [0.5, 0.6) is 0 Å². The average Bonchev–Trinajstić information content (AvgIpc) is 2.30. The number of carbonyl (C=O) groups is 1. The zero-order chi connectivity index (χ0) is 13.3. The van der Waals surface area contributed by atoms with Gasteiger partial charge in [-0.25, -0.2) is 4.79 Å². The molecule has 18 heavy (non-hydrogen) atoms. The summed E-state index contributed by atoms with van der Waals surface area (Å²) < 4.78 is 5.20. The van der Waals surface area contributed by atoms with E-state index in [-0.39, 0.29) is 12.0 Å². The first-order chi connectivity index (χ1) is 8.52. The van der Waals surface area contributed by atoms with E-state index in [4.69, 9.17) is 10.5 Å². The van der Waals surface area contributed by atoms with Gasteiger partial charge in [0.25, 0.3) is 0 Å². The highest BCUT2D eigenvalue weighted by molar-refractivity contribution is 5.90. The normalized spacial score (nSPS) is 19.9. The SMILES string of the molecule is Cc1cc(C)c(N2CC(CN)COC2=O)c(C)c1. The second-order valence-corrected chi connectivity index (χ2v) is 5.04. The van der Waals surface area contributed by atoms with Gasteiger partial charge in [0, 0.05) is 19.0 Å². The third-order valence-corrected chi connectivity index (χ3v) is 3.34. The Bertz CT molecular complexity index is 448. The quantitative estimate of drug-likeness (QED) is 0.872. The van der Waals surface area contributed by atoms with Crippen molar-refractivity contribution >= 4 is 11.8 Å². The van der Waals surface area contributed by atoms with Gasteiger partial charge in [-0.2, -0.15) is 0 Å². The molecule has 2 N–H and O–H groups in total. The van der Waals surface area contributed by atoms with Crippen LogP contribution in [0.2, 0.25) is 0 Å². The molecule has 1 atom stereocenters. The molecule has 1 amide bonds. The minimum Gasteiger partial charge on any atom is -0.449 e. The molecule has 4 heteroatoms. The lowest BCUT2D eigenvalue weighted by Gasteiger charge is -2.33. The molecule has 98 valence electrons. The molecule has 1 aromatic carbocycles. The molecule has 0 aromatic heterocycles. The van der Waals surface area contributed by atoms with Crippen molar-refractivity contribution < 1.29 is 9.53 Å². The van der Waals surface area contributed by atoms with Gasteiger partial charge in [-0.15, -0.1) is 0 Å². The minimum atomic E-state index is -0.269. The van der Waals surface area contributed by atoms with E-state index in [0.717, 1.165) is 16.8 Å². The van der Waals surface area contributed by atoms with Gasteiger partial charge in [0.05, 0.1) is 12.3 Å². The Kier molecular flexibility index (Phi) is 3.57. The predicted octanol–water partition coefficient (Wildman–Crippen LogP) is 2.14. The zero-order valence-corrected chi connectivity index (χ0v) is 11.2. The van der Waals surface area contributed by atoms with E-state index in [1.807, 2.05) is 13.8 Å². The number of aryl methyl sites for hydroxylation is 3. The van der Waals surface area contributed by atoms with Crippen LogP contribution in [-0.2, 0) is 4.74 Å². The van der Waals surface area contributed by atoms with Crippen molar-refractivity contribution in [3.05, 3.63) is 28.8 Å². The number of amides is 1. The summed E-state index contributed by atoms with van der Waals surface area (Å²) in [5, 5.41) is 0. The number of carbonyl (C=O) groups excluding carboxylic acids is 1. The average molecular weight is 248 g/mol. The molecule has 2 rings (SSSR count). The first-order valence-corrected chi connectivity index (χ1v) is 6.25. The van der Waals surface area contributed by atoms with Crippen molar-refractivity contribution in [1.82, 2.24) is 0 Å². The fourth-order valence-electron chi connectivity index (χ4n) is 2.58. The Morgan fingerprint density at radius 2 is 1.94 bits per heavy atom. The predicted molar refractivity (Wildman–Crippen MR) is 71.9 cm³/mol. The molecule has 0 bridgehead atoms. The van der Waals surface area contributed by atoms with E-state index in [1.54, 1.807) is 4.90 Å². The summed E-state index contributed by atoms with van der Waals surface area (Å²) in [5.74, 6) is 0.211. The Labute approximate surface area is 108 Å². The maximum absolute atomic E-state index is 11.9. The van der Waals surface area contributed by atoms with Crippen LogP contribution in [-0.4, -0.2) is 25.8 Å². The van der Waals surface area contributed by atoms with Gasteiger partial charge in [-0.3, -0.25) is 4.90 Å². The number of ether oxygens (including phenoxy) is 1. The van der Waals surface area contributed by atoms with Crippen molar-refractivity contribution in [2.75, 3.05) is 24.6 Å². The summed E-state index contributed by atoms with van der Waals surface area (Å²) in [5.41, 5.74) is 10.0. The Morgan fingerprint density at radius 3 is 2.50 bits per heavy atom. The van der Waals surface area contributed by atoms with Gasteiger partial charge in [0.15, 0.2) is 0 Å². The standard InChI is InChI=1S/C14H20N2O2/c1-9-4-10(2)13(11(3)5-9)16-7-12(6-15)8-18-14(16)17/h4-5,12H,6-8,15H2,1-3H3. The van der Waals surface area contributed by atoms with Crippen LogP contribution in [0.25, 0.3) is 0 Å². The molecule has 0 spiro atoms. The topological polar surface area (TPSA) is 55.6 Å². The van der Waals surface area contributed by atoms with Gasteiger partial charge in [0.1, 0.15) is 0 Å². The lowest BCUT2D eigenvalue weighted by molar-refractivity contribution is 0.117.